The SMILES string of the molecule is CC[C@@H](O)CN1C[C@H](O)C[C@H](O)C1. The van der Waals surface area contributed by atoms with Gasteiger partial charge >= 0.3 is 0 Å². The second kappa shape index (κ2) is 4.91. The predicted molar refractivity (Wildman–Crippen MR) is 49.4 cm³/mol. The van der Waals surface area contributed by atoms with E-state index in [1.807, 2.05) is 11.8 Å². The molecule has 1 aliphatic rings. The predicted octanol–water partition coefficient (Wildman–Crippen LogP) is -0.815. The first kappa shape index (κ1) is 10.9. The van der Waals surface area contributed by atoms with Crippen molar-refractivity contribution in [2.45, 2.75) is 38.1 Å². The second-order valence-electron chi connectivity index (χ2n) is 3.82. The van der Waals surface area contributed by atoms with Gasteiger partial charge in [-0.1, -0.05) is 6.92 Å². The lowest BCUT2D eigenvalue weighted by molar-refractivity contribution is -0.0228. The highest BCUT2D eigenvalue weighted by molar-refractivity contribution is 4.79. The van der Waals surface area contributed by atoms with Gasteiger partial charge in [-0.25, -0.2) is 0 Å². The highest BCUT2D eigenvalue weighted by atomic mass is 16.3. The Morgan fingerprint density at radius 2 is 1.85 bits per heavy atom. The molecular weight excluding hydrogens is 170 g/mol. The van der Waals surface area contributed by atoms with Crippen molar-refractivity contribution >= 4 is 0 Å². The van der Waals surface area contributed by atoms with E-state index in [4.69, 9.17) is 0 Å². The average Bonchev–Trinajstić information content (AvgIpc) is 2.02. The van der Waals surface area contributed by atoms with Crippen LogP contribution in [0.3, 0.4) is 0 Å². The van der Waals surface area contributed by atoms with Gasteiger partial charge in [0.15, 0.2) is 0 Å². The van der Waals surface area contributed by atoms with E-state index in [0.717, 1.165) is 0 Å². The molecule has 0 saturated carbocycles. The molecule has 0 aromatic rings. The van der Waals surface area contributed by atoms with Crippen molar-refractivity contribution in [1.29, 1.82) is 0 Å². The zero-order valence-electron chi connectivity index (χ0n) is 8.06. The summed E-state index contributed by atoms with van der Waals surface area (Å²) in [5, 5.41) is 28.1. The van der Waals surface area contributed by atoms with E-state index in [0.29, 0.717) is 32.5 Å². The highest BCUT2D eigenvalue weighted by Crippen LogP contribution is 2.11. The Balaban J connectivity index is 2.32. The average molecular weight is 189 g/mol. The minimum Gasteiger partial charge on any atom is -0.392 e. The van der Waals surface area contributed by atoms with E-state index >= 15 is 0 Å². The highest BCUT2D eigenvalue weighted by Gasteiger charge is 2.25. The van der Waals surface area contributed by atoms with Gasteiger partial charge in [0.05, 0.1) is 18.3 Å². The van der Waals surface area contributed by atoms with Gasteiger partial charge < -0.3 is 15.3 Å². The van der Waals surface area contributed by atoms with Crippen LogP contribution in [-0.2, 0) is 0 Å². The molecule has 0 bridgehead atoms. The summed E-state index contributed by atoms with van der Waals surface area (Å²) in [5.74, 6) is 0. The quantitative estimate of drug-likeness (QED) is 0.543. The Morgan fingerprint density at radius 1 is 1.31 bits per heavy atom. The number of likely N-dealkylation sites (tertiary alicyclic amines) is 1. The number of aliphatic hydroxyl groups is 3. The first-order valence-corrected chi connectivity index (χ1v) is 4.88. The summed E-state index contributed by atoms with van der Waals surface area (Å²) in [6, 6.07) is 0. The van der Waals surface area contributed by atoms with E-state index in [1.54, 1.807) is 0 Å². The van der Waals surface area contributed by atoms with Crippen molar-refractivity contribution in [2.75, 3.05) is 19.6 Å². The van der Waals surface area contributed by atoms with Crippen molar-refractivity contribution in [3.63, 3.8) is 0 Å². The zero-order chi connectivity index (χ0) is 9.84. The summed E-state index contributed by atoms with van der Waals surface area (Å²) in [4.78, 5) is 1.91. The van der Waals surface area contributed by atoms with Crippen LogP contribution >= 0.6 is 0 Å². The molecule has 0 aliphatic carbocycles. The van der Waals surface area contributed by atoms with E-state index in [1.165, 1.54) is 0 Å². The van der Waals surface area contributed by atoms with Crippen LogP contribution in [0.5, 0.6) is 0 Å². The largest absolute Gasteiger partial charge is 0.392 e. The number of hydrogen-bond donors (Lipinski definition) is 3. The van der Waals surface area contributed by atoms with Crippen molar-refractivity contribution in [2.24, 2.45) is 0 Å². The molecule has 13 heavy (non-hydrogen) atoms. The summed E-state index contributed by atoms with van der Waals surface area (Å²) in [6.07, 6.45) is -0.0837. The number of β-amino-alcohol motifs (C(OH)–C–C–N with tert-alkyl or cyclic N) is 3. The third-order valence-corrected chi connectivity index (χ3v) is 2.42. The van der Waals surface area contributed by atoms with Gasteiger partial charge in [0.25, 0.3) is 0 Å². The van der Waals surface area contributed by atoms with Crippen molar-refractivity contribution in [3.8, 4) is 0 Å². The molecule has 0 amide bonds. The van der Waals surface area contributed by atoms with E-state index in [-0.39, 0.29) is 6.10 Å². The van der Waals surface area contributed by atoms with E-state index in [2.05, 4.69) is 0 Å². The molecular formula is C9H19NO3. The minimum atomic E-state index is -0.451. The number of nitrogens with zero attached hydrogens (tertiary/aromatic N) is 1. The molecule has 3 atom stereocenters. The first-order valence-electron chi connectivity index (χ1n) is 4.88. The molecule has 78 valence electrons. The van der Waals surface area contributed by atoms with Crippen LogP contribution < -0.4 is 0 Å². The van der Waals surface area contributed by atoms with Gasteiger partial charge in [-0.3, -0.25) is 4.90 Å². The monoisotopic (exact) mass is 189 g/mol. The van der Waals surface area contributed by atoms with Crippen molar-refractivity contribution < 1.29 is 15.3 Å². The molecule has 1 fully saturated rings. The smallest absolute Gasteiger partial charge is 0.0692 e. The second-order valence-corrected chi connectivity index (χ2v) is 3.82. The first-order chi connectivity index (χ1) is 6.11. The molecule has 4 heteroatoms. The number of hydrogen-bond acceptors (Lipinski definition) is 4. The Hall–Kier alpha value is -0.160. The minimum absolute atomic E-state index is 0.350. The van der Waals surface area contributed by atoms with Crippen molar-refractivity contribution in [3.05, 3.63) is 0 Å². The lowest BCUT2D eigenvalue weighted by Gasteiger charge is -2.34. The van der Waals surface area contributed by atoms with E-state index in [9.17, 15) is 15.3 Å². The van der Waals surface area contributed by atoms with Crippen LogP contribution in [0.25, 0.3) is 0 Å². The molecule has 0 radical (unpaired) electrons. The molecule has 3 N–H and O–H groups in total. The molecule has 0 unspecified atom stereocenters. The third-order valence-electron chi connectivity index (χ3n) is 2.42. The van der Waals surface area contributed by atoms with Gasteiger partial charge in [-0.15, -0.1) is 0 Å². The molecule has 1 aliphatic heterocycles. The number of aliphatic hydroxyl groups excluding tert-OH is 3. The fourth-order valence-corrected chi connectivity index (χ4v) is 1.71. The molecule has 4 nitrogen and oxygen atoms in total. The van der Waals surface area contributed by atoms with Gasteiger partial charge in [-0.05, 0) is 6.42 Å². The van der Waals surface area contributed by atoms with Crippen LogP contribution in [0.4, 0.5) is 0 Å². The molecule has 0 aromatic heterocycles. The van der Waals surface area contributed by atoms with Crippen LogP contribution in [-0.4, -0.2) is 58.2 Å². The van der Waals surface area contributed by atoms with Crippen LogP contribution in [0.15, 0.2) is 0 Å². The normalized spacial score (nSPS) is 33.2. The third kappa shape index (κ3) is 3.60. The summed E-state index contributed by atoms with van der Waals surface area (Å²) in [5.41, 5.74) is 0. The van der Waals surface area contributed by atoms with Gasteiger partial charge in [0.1, 0.15) is 0 Å². The zero-order valence-corrected chi connectivity index (χ0v) is 8.06. The van der Waals surface area contributed by atoms with Crippen molar-refractivity contribution in [1.82, 2.24) is 4.90 Å². The molecule has 1 heterocycles. The summed E-state index contributed by atoms with van der Waals surface area (Å²) >= 11 is 0. The maximum absolute atomic E-state index is 9.38. The van der Waals surface area contributed by atoms with Crippen LogP contribution in [0.1, 0.15) is 19.8 Å². The Labute approximate surface area is 78.8 Å². The van der Waals surface area contributed by atoms with Gasteiger partial charge in [-0.2, -0.15) is 0 Å². The Morgan fingerprint density at radius 3 is 2.31 bits per heavy atom. The lowest BCUT2D eigenvalue weighted by atomic mass is 10.1. The number of rotatable bonds is 3. The summed E-state index contributed by atoms with van der Waals surface area (Å²) < 4.78 is 0. The Kier molecular flexibility index (Phi) is 4.12. The molecule has 1 rings (SSSR count). The van der Waals surface area contributed by atoms with Gasteiger partial charge in [0, 0.05) is 26.1 Å². The Bertz CT molecular complexity index is 144. The van der Waals surface area contributed by atoms with Crippen LogP contribution in [0, 0.1) is 0 Å². The summed E-state index contributed by atoms with van der Waals surface area (Å²) in [7, 11) is 0. The maximum atomic E-state index is 9.38. The van der Waals surface area contributed by atoms with Gasteiger partial charge in [0.2, 0.25) is 0 Å². The lowest BCUT2D eigenvalue weighted by Crippen LogP contribution is -2.48. The fourth-order valence-electron chi connectivity index (χ4n) is 1.71. The molecule has 0 aromatic carbocycles. The van der Waals surface area contributed by atoms with E-state index < -0.39 is 12.2 Å². The fraction of sp³-hybridized carbons (Fsp3) is 1.00. The maximum Gasteiger partial charge on any atom is 0.0692 e. The standard InChI is InChI=1S/C9H19NO3/c1-2-7(11)4-10-5-8(12)3-9(13)6-10/h7-9,11-13H,2-6H2,1H3/t7-,8-,9+/m1/s1. The topological polar surface area (TPSA) is 63.9 Å². The summed E-state index contributed by atoms with van der Waals surface area (Å²) in [6.45, 7) is 3.59. The molecule has 0 spiro atoms. The van der Waals surface area contributed by atoms with Crippen LogP contribution in [0.2, 0.25) is 0 Å². The number of piperidine rings is 1. The molecule has 1 saturated heterocycles.